The van der Waals surface area contributed by atoms with E-state index in [9.17, 15) is 0 Å². The van der Waals surface area contributed by atoms with E-state index in [2.05, 4.69) is 15.0 Å². The third-order valence-corrected chi connectivity index (χ3v) is 2.62. The monoisotopic (exact) mass is 244 g/mol. The quantitative estimate of drug-likeness (QED) is 0.759. The van der Waals surface area contributed by atoms with Crippen molar-refractivity contribution in [2.45, 2.75) is 10.2 Å². The summed E-state index contributed by atoms with van der Waals surface area (Å²) >= 11 is 1.23. The van der Waals surface area contributed by atoms with Gasteiger partial charge in [-0.15, -0.1) is 0 Å². The van der Waals surface area contributed by atoms with Crippen LogP contribution in [0.3, 0.4) is 0 Å². The average molecular weight is 244 g/mol. The van der Waals surface area contributed by atoms with Gasteiger partial charge < -0.3 is 11.5 Å². The van der Waals surface area contributed by atoms with Crippen molar-refractivity contribution in [3.05, 3.63) is 30.0 Å². The Morgan fingerprint density at radius 3 is 2.41 bits per heavy atom. The van der Waals surface area contributed by atoms with E-state index < -0.39 is 0 Å². The molecule has 0 radical (unpaired) electrons. The Morgan fingerprint density at radius 1 is 1.18 bits per heavy atom. The van der Waals surface area contributed by atoms with Crippen molar-refractivity contribution in [1.29, 1.82) is 5.26 Å². The molecule has 0 aliphatic carbocycles. The molecule has 84 valence electrons. The molecule has 6 nitrogen and oxygen atoms in total. The van der Waals surface area contributed by atoms with E-state index in [1.807, 2.05) is 6.07 Å². The fourth-order valence-corrected chi connectivity index (χ4v) is 1.84. The minimum Gasteiger partial charge on any atom is -0.383 e. The molecule has 0 bridgehead atoms. The second-order valence-corrected chi connectivity index (χ2v) is 4.09. The van der Waals surface area contributed by atoms with Gasteiger partial charge in [0, 0.05) is 12.3 Å². The van der Waals surface area contributed by atoms with Gasteiger partial charge in [0.15, 0.2) is 5.16 Å². The third kappa shape index (κ3) is 2.83. The van der Waals surface area contributed by atoms with Gasteiger partial charge in [0.2, 0.25) is 0 Å². The minimum absolute atomic E-state index is 0.314. The maximum Gasteiger partial charge on any atom is 0.197 e. The molecule has 0 aromatic carbocycles. The molecule has 0 saturated heterocycles. The van der Waals surface area contributed by atoms with Crippen molar-refractivity contribution in [3.8, 4) is 6.07 Å². The number of pyridine rings is 1. The number of hydrogen-bond acceptors (Lipinski definition) is 7. The van der Waals surface area contributed by atoms with Gasteiger partial charge in [-0.25, -0.2) is 15.0 Å². The first-order chi connectivity index (χ1) is 8.17. The van der Waals surface area contributed by atoms with Crippen molar-refractivity contribution >= 4 is 23.4 Å². The van der Waals surface area contributed by atoms with Crippen molar-refractivity contribution in [3.63, 3.8) is 0 Å². The maximum absolute atomic E-state index is 8.64. The molecule has 2 aromatic heterocycles. The van der Waals surface area contributed by atoms with Crippen LogP contribution in [0, 0.1) is 11.3 Å². The second kappa shape index (κ2) is 4.67. The summed E-state index contributed by atoms with van der Waals surface area (Å²) in [4.78, 5) is 12.1. The van der Waals surface area contributed by atoms with Gasteiger partial charge in [0.05, 0.1) is 5.56 Å². The summed E-state index contributed by atoms with van der Waals surface area (Å²) in [5.74, 6) is 0.627. The van der Waals surface area contributed by atoms with Crippen LogP contribution in [-0.4, -0.2) is 15.0 Å². The summed E-state index contributed by atoms with van der Waals surface area (Å²) in [7, 11) is 0. The second-order valence-electron chi connectivity index (χ2n) is 3.10. The van der Waals surface area contributed by atoms with Crippen LogP contribution in [0.15, 0.2) is 34.6 Å². The Morgan fingerprint density at radius 2 is 1.88 bits per heavy atom. The lowest BCUT2D eigenvalue weighted by atomic mass is 10.3. The highest BCUT2D eigenvalue weighted by Crippen LogP contribution is 2.23. The van der Waals surface area contributed by atoms with E-state index in [1.165, 1.54) is 24.0 Å². The Labute approximate surface area is 102 Å². The van der Waals surface area contributed by atoms with E-state index in [1.54, 1.807) is 12.1 Å². The molecule has 0 amide bonds. The molecule has 0 aliphatic heterocycles. The average Bonchev–Trinajstić information content (AvgIpc) is 2.28. The number of nitriles is 1. The Bertz CT molecular complexity index is 554. The van der Waals surface area contributed by atoms with E-state index in [0.29, 0.717) is 27.4 Å². The standard InChI is InChI=1S/C10H8N6S/c11-4-6-1-2-9(14-5-6)17-10-15-7(12)3-8(13)16-10/h1-3,5H,(H4,12,13,15,16). The number of aromatic nitrogens is 3. The lowest BCUT2D eigenvalue weighted by molar-refractivity contribution is 0.976. The van der Waals surface area contributed by atoms with E-state index in [4.69, 9.17) is 16.7 Å². The number of nitrogens with zero attached hydrogens (tertiary/aromatic N) is 4. The van der Waals surface area contributed by atoms with Crippen LogP contribution < -0.4 is 11.5 Å². The minimum atomic E-state index is 0.314. The molecule has 2 heterocycles. The van der Waals surface area contributed by atoms with Crippen molar-refractivity contribution in [2.24, 2.45) is 0 Å². The molecule has 7 heteroatoms. The lowest BCUT2D eigenvalue weighted by Crippen LogP contribution is -1.99. The fraction of sp³-hybridized carbons (Fsp3) is 0. The van der Waals surface area contributed by atoms with E-state index in [-0.39, 0.29) is 0 Å². The molecule has 2 aromatic rings. The number of rotatable bonds is 2. The predicted octanol–water partition coefficient (Wildman–Crippen LogP) is 1.06. The summed E-state index contributed by atoms with van der Waals surface area (Å²) in [5.41, 5.74) is 11.6. The number of nitrogens with two attached hydrogens (primary N) is 2. The number of hydrogen-bond donors (Lipinski definition) is 2. The molecular weight excluding hydrogens is 236 g/mol. The molecule has 0 fully saturated rings. The largest absolute Gasteiger partial charge is 0.383 e. The van der Waals surface area contributed by atoms with Crippen molar-refractivity contribution in [1.82, 2.24) is 15.0 Å². The summed E-state index contributed by atoms with van der Waals surface area (Å²) in [5, 5.41) is 9.74. The molecule has 17 heavy (non-hydrogen) atoms. The molecule has 2 rings (SSSR count). The summed E-state index contributed by atoms with van der Waals surface area (Å²) in [6, 6.07) is 6.86. The summed E-state index contributed by atoms with van der Waals surface area (Å²) in [6.07, 6.45) is 1.48. The Kier molecular flexibility index (Phi) is 3.07. The first-order valence-corrected chi connectivity index (χ1v) is 5.43. The molecule has 0 aliphatic rings. The van der Waals surface area contributed by atoms with Crippen LogP contribution in [0.1, 0.15) is 5.56 Å². The normalized spacial score (nSPS) is 9.82. The number of anilines is 2. The lowest BCUT2D eigenvalue weighted by Gasteiger charge is -2.01. The highest BCUT2D eigenvalue weighted by Gasteiger charge is 2.04. The zero-order valence-electron chi connectivity index (χ0n) is 8.66. The van der Waals surface area contributed by atoms with Gasteiger partial charge in [-0.2, -0.15) is 5.26 Å². The van der Waals surface area contributed by atoms with Crippen LogP contribution in [0.4, 0.5) is 11.6 Å². The van der Waals surface area contributed by atoms with Gasteiger partial charge in [0.1, 0.15) is 22.7 Å². The molecule has 4 N–H and O–H groups in total. The summed E-state index contributed by atoms with van der Waals surface area (Å²) < 4.78 is 0. The Balaban J connectivity index is 2.22. The number of nitrogen functional groups attached to an aromatic ring is 2. The SMILES string of the molecule is N#Cc1ccc(Sc2nc(N)cc(N)n2)nc1. The van der Waals surface area contributed by atoms with E-state index >= 15 is 0 Å². The highest BCUT2D eigenvalue weighted by atomic mass is 32.2. The van der Waals surface area contributed by atoms with Gasteiger partial charge >= 0.3 is 0 Å². The summed E-state index contributed by atoms with van der Waals surface area (Å²) in [6.45, 7) is 0. The molecular formula is C10H8N6S. The van der Waals surface area contributed by atoms with Crippen LogP contribution in [-0.2, 0) is 0 Å². The van der Waals surface area contributed by atoms with Crippen LogP contribution in [0.25, 0.3) is 0 Å². The first kappa shape index (κ1) is 11.2. The molecule has 0 unspecified atom stereocenters. The van der Waals surface area contributed by atoms with Crippen LogP contribution >= 0.6 is 11.8 Å². The van der Waals surface area contributed by atoms with Gasteiger partial charge in [-0.05, 0) is 23.9 Å². The molecule has 0 spiro atoms. The zero-order chi connectivity index (χ0) is 12.3. The van der Waals surface area contributed by atoms with Gasteiger partial charge in [-0.1, -0.05) is 0 Å². The fourth-order valence-electron chi connectivity index (χ4n) is 1.11. The van der Waals surface area contributed by atoms with Gasteiger partial charge in [0.25, 0.3) is 0 Å². The van der Waals surface area contributed by atoms with Crippen LogP contribution in [0.2, 0.25) is 0 Å². The van der Waals surface area contributed by atoms with Crippen molar-refractivity contribution < 1.29 is 0 Å². The third-order valence-electron chi connectivity index (χ3n) is 1.81. The van der Waals surface area contributed by atoms with Crippen LogP contribution in [0.5, 0.6) is 0 Å². The molecule has 0 atom stereocenters. The highest BCUT2D eigenvalue weighted by molar-refractivity contribution is 7.99. The Hall–Kier alpha value is -2.33. The topological polar surface area (TPSA) is 114 Å². The maximum atomic E-state index is 8.64. The first-order valence-electron chi connectivity index (χ1n) is 4.61. The smallest absolute Gasteiger partial charge is 0.197 e. The molecule has 0 saturated carbocycles. The predicted molar refractivity (Wildman–Crippen MR) is 63.9 cm³/mol. The van der Waals surface area contributed by atoms with E-state index in [0.717, 1.165) is 0 Å². The zero-order valence-corrected chi connectivity index (χ0v) is 9.48. The van der Waals surface area contributed by atoms with Crippen molar-refractivity contribution in [2.75, 3.05) is 11.5 Å². The van der Waals surface area contributed by atoms with Gasteiger partial charge in [-0.3, -0.25) is 0 Å².